The van der Waals surface area contributed by atoms with Gasteiger partial charge in [0.05, 0.1) is 11.7 Å². The zero-order valence-electron chi connectivity index (χ0n) is 12.5. The van der Waals surface area contributed by atoms with Gasteiger partial charge in [-0.1, -0.05) is 13.8 Å². The van der Waals surface area contributed by atoms with Crippen molar-refractivity contribution in [3.8, 4) is 0 Å². The van der Waals surface area contributed by atoms with E-state index >= 15 is 0 Å². The summed E-state index contributed by atoms with van der Waals surface area (Å²) in [4.78, 5) is 0. The molecule has 0 bridgehead atoms. The standard InChI is InChI=1S/C15H27N3/c1-12(2)15(6-7-15)11-16-8-13-9-17-18(10-13)14(3,4)5/h9-10,12,16H,6-8,11H2,1-5H3. The summed E-state index contributed by atoms with van der Waals surface area (Å²) in [6.45, 7) is 13.3. The molecule has 3 heteroatoms. The van der Waals surface area contributed by atoms with Gasteiger partial charge in [-0.25, -0.2) is 0 Å². The smallest absolute Gasteiger partial charge is 0.0543 e. The van der Waals surface area contributed by atoms with Crippen molar-refractivity contribution in [3.63, 3.8) is 0 Å². The van der Waals surface area contributed by atoms with E-state index in [1.165, 1.54) is 18.4 Å². The normalized spacial score (nSPS) is 18.3. The highest BCUT2D eigenvalue weighted by Crippen LogP contribution is 2.51. The van der Waals surface area contributed by atoms with Crippen LogP contribution in [0.2, 0.25) is 0 Å². The lowest BCUT2D eigenvalue weighted by Gasteiger charge is -2.20. The second kappa shape index (κ2) is 4.69. The topological polar surface area (TPSA) is 29.9 Å². The van der Waals surface area contributed by atoms with Gasteiger partial charge in [0.1, 0.15) is 0 Å². The number of aromatic nitrogens is 2. The van der Waals surface area contributed by atoms with Gasteiger partial charge < -0.3 is 5.32 Å². The number of hydrogen-bond donors (Lipinski definition) is 1. The first-order valence-corrected chi connectivity index (χ1v) is 7.08. The molecule has 1 heterocycles. The Balaban J connectivity index is 1.83. The molecule has 18 heavy (non-hydrogen) atoms. The molecule has 1 aliphatic carbocycles. The molecule has 2 rings (SSSR count). The van der Waals surface area contributed by atoms with Gasteiger partial charge in [0.2, 0.25) is 0 Å². The average molecular weight is 249 g/mol. The van der Waals surface area contributed by atoms with E-state index in [-0.39, 0.29) is 5.54 Å². The Kier molecular flexibility index (Phi) is 3.54. The maximum absolute atomic E-state index is 4.43. The maximum Gasteiger partial charge on any atom is 0.0543 e. The highest BCUT2D eigenvalue weighted by molar-refractivity contribution is 5.06. The second-order valence-corrected chi connectivity index (χ2v) is 7.08. The lowest BCUT2D eigenvalue weighted by molar-refractivity contribution is 0.337. The molecule has 0 saturated heterocycles. The molecule has 0 aliphatic heterocycles. The molecule has 0 amide bonds. The van der Waals surface area contributed by atoms with Crippen LogP contribution in [0.5, 0.6) is 0 Å². The predicted molar refractivity (Wildman–Crippen MR) is 75.4 cm³/mol. The molecule has 1 aromatic heterocycles. The molecule has 1 aliphatic rings. The van der Waals surface area contributed by atoms with Crippen molar-refractivity contribution in [1.29, 1.82) is 0 Å². The Morgan fingerprint density at radius 2 is 2.06 bits per heavy atom. The van der Waals surface area contributed by atoms with Crippen LogP contribution in [0.3, 0.4) is 0 Å². The van der Waals surface area contributed by atoms with Gasteiger partial charge in [0, 0.05) is 24.8 Å². The molecular weight excluding hydrogens is 222 g/mol. The molecule has 3 nitrogen and oxygen atoms in total. The maximum atomic E-state index is 4.43. The Bertz CT molecular complexity index is 394. The number of nitrogens with one attached hydrogen (secondary N) is 1. The van der Waals surface area contributed by atoms with Gasteiger partial charge in [0.25, 0.3) is 0 Å². The summed E-state index contributed by atoms with van der Waals surface area (Å²) in [7, 11) is 0. The molecule has 1 saturated carbocycles. The second-order valence-electron chi connectivity index (χ2n) is 7.08. The van der Waals surface area contributed by atoms with E-state index in [9.17, 15) is 0 Å². The lowest BCUT2D eigenvalue weighted by Crippen LogP contribution is -2.27. The largest absolute Gasteiger partial charge is 0.312 e. The Hall–Kier alpha value is -0.830. The van der Waals surface area contributed by atoms with Gasteiger partial charge in [0.15, 0.2) is 0 Å². The SMILES string of the molecule is CC(C)C1(CNCc2cnn(C(C)(C)C)c2)CC1. The van der Waals surface area contributed by atoms with Crippen molar-refractivity contribution >= 4 is 0 Å². The third-order valence-electron chi connectivity index (χ3n) is 4.25. The fourth-order valence-corrected chi connectivity index (χ4v) is 2.39. The minimum absolute atomic E-state index is 0.0773. The molecule has 0 unspecified atom stereocenters. The van der Waals surface area contributed by atoms with E-state index in [1.807, 2.05) is 10.9 Å². The summed E-state index contributed by atoms with van der Waals surface area (Å²) in [5, 5.41) is 8.03. The summed E-state index contributed by atoms with van der Waals surface area (Å²) in [5.74, 6) is 0.794. The van der Waals surface area contributed by atoms with Gasteiger partial charge in [-0.2, -0.15) is 5.10 Å². The van der Waals surface area contributed by atoms with E-state index in [1.54, 1.807) is 0 Å². The highest BCUT2D eigenvalue weighted by atomic mass is 15.3. The van der Waals surface area contributed by atoms with Crippen molar-refractivity contribution in [2.24, 2.45) is 11.3 Å². The molecule has 0 aromatic carbocycles. The molecule has 1 N–H and O–H groups in total. The first kappa shape index (κ1) is 13.6. The number of rotatable bonds is 5. The quantitative estimate of drug-likeness (QED) is 0.868. The first-order chi connectivity index (χ1) is 8.33. The summed E-state index contributed by atoms with van der Waals surface area (Å²) < 4.78 is 2.04. The first-order valence-electron chi connectivity index (χ1n) is 7.08. The van der Waals surface area contributed by atoms with Crippen molar-refractivity contribution in [2.45, 2.75) is 59.5 Å². The molecule has 0 atom stereocenters. The lowest BCUT2D eigenvalue weighted by atomic mass is 9.92. The highest BCUT2D eigenvalue weighted by Gasteiger charge is 2.44. The molecule has 0 radical (unpaired) electrons. The van der Waals surface area contributed by atoms with Crippen molar-refractivity contribution < 1.29 is 0 Å². The molecular formula is C15H27N3. The molecule has 0 spiro atoms. The van der Waals surface area contributed by atoms with Gasteiger partial charge >= 0.3 is 0 Å². The predicted octanol–water partition coefficient (Wildman–Crippen LogP) is 3.16. The zero-order valence-corrected chi connectivity index (χ0v) is 12.5. The fraction of sp³-hybridized carbons (Fsp3) is 0.800. The monoisotopic (exact) mass is 249 g/mol. The van der Waals surface area contributed by atoms with Gasteiger partial charge in [-0.3, -0.25) is 4.68 Å². The Morgan fingerprint density at radius 1 is 1.39 bits per heavy atom. The van der Waals surface area contributed by atoms with Crippen molar-refractivity contribution in [3.05, 3.63) is 18.0 Å². The van der Waals surface area contributed by atoms with Crippen LogP contribution >= 0.6 is 0 Å². The number of hydrogen-bond acceptors (Lipinski definition) is 2. The van der Waals surface area contributed by atoms with Crippen LogP contribution in [0, 0.1) is 11.3 Å². The fourth-order valence-electron chi connectivity index (χ4n) is 2.39. The summed E-state index contributed by atoms with van der Waals surface area (Å²) >= 11 is 0. The van der Waals surface area contributed by atoms with Crippen molar-refractivity contribution in [1.82, 2.24) is 15.1 Å². The van der Waals surface area contributed by atoms with Crippen LogP contribution in [0.25, 0.3) is 0 Å². The van der Waals surface area contributed by atoms with Gasteiger partial charge in [-0.15, -0.1) is 0 Å². The van der Waals surface area contributed by atoms with Crippen LogP contribution < -0.4 is 5.32 Å². The number of nitrogens with zero attached hydrogens (tertiary/aromatic N) is 2. The van der Waals surface area contributed by atoms with Crippen LogP contribution in [-0.2, 0) is 12.1 Å². The van der Waals surface area contributed by atoms with E-state index in [0.717, 1.165) is 19.0 Å². The third kappa shape index (κ3) is 2.94. The Morgan fingerprint density at radius 3 is 2.50 bits per heavy atom. The van der Waals surface area contributed by atoms with Crippen LogP contribution in [-0.4, -0.2) is 16.3 Å². The van der Waals surface area contributed by atoms with E-state index in [2.05, 4.69) is 51.2 Å². The summed E-state index contributed by atoms with van der Waals surface area (Å²) in [6, 6.07) is 0. The summed E-state index contributed by atoms with van der Waals surface area (Å²) in [5.41, 5.74) is 1.94. The van der Waals surface area contributed by atoms with Crippen LogP contribution in [0.4, 0.5) is 0 Å². The van der Waals surface area contributed by atoms with Crippen molar-refractivity contribution in [2.75, 3.05) is 6.54 Å². The third-order valence-corrected chi connectivity index (χ3v) is 4.25. The molecule has 1 aromatic rings. The van der Waals surface area contributed by atoms with Crippen LogP contribution in [0.15, 0.2) is 12.4 Å². The van der Waals surface area contributed by atoms with E-state index in [4.69, 9.17) is 0 Å². The Labute approximate surface area is 111 Å². The minimum Gasteiger partial charge on any atom is -0.312 e. The zero-order chi connectivity index (χ0) is 13.4. The average Bonchev–Trinajstić information content (AvgIpc) is 2.87. The minimum atomic E-state index is 0.0773. The van der Waals surface area contributed by atoms with Crippen LogP contribution in [0.1, 0.15) is 53.0 Å². The molecule has 1 fully saturated rings. The van der Waals surface area contributed by atoms with E-state index < -0.39 is 0 Å². The van der Waals surface area contributed by atoms with E-state index in [0.29, 0.717) is 5.41 Å². The van der Waals surface area contributed by atoms with Gasteiger partial charge in [-0.05, 0) is 44.9 Å². The molecule has 102 valence electrons. The summed E-state index contributed by atoms with van der Waals surface area (Å²) in [6.07, 6.45) is 6.91.